The fraction of sp³-hybridized carbons (Fsp3) is 0.214. The molecule has 1 fully saturated rings. The van der Waals surface area contributed by atoms with Crippen LogP contribution in [0.1, 0.15) is 27.7 Å². The van der Waals surface area contributed by atoms with Crippen molar-refractivity contribution in [3.05, 3.63) is 78.9 Å². The Bertz CT molecular complexity index is 1470. The zero-order valence-electron chi connectivity index (χ0n) is 18.8. The Kier molecular flexibility index (Phi) is 4.32. The Balaban J connectivity index is 1.71. The van der Waals surface area contributed by atoms with Crippen LogP contribution in [-0.2, 0) is 9.31 Å². The monoisotopic (exact) mass is 436 g/mol. The molecule has 2 heterocycles. The van der Waals surface area contributed by atoms with Crippen LogP contribution in [0.4, 0.5) is 0 Å². The van der Waals surface area contributed by atoms with Gasteiger partial charge in [-0.3, -0.25) is 0 Å². The van der Waals surface area contributed by atoms with Crippen molar-refractivity contribution in [2.24, 2.45) is 0 Å². The van der Waals surface area contributed by atoms with Gasteiger partial charge in [0.05, 0.1) is 11.2 Å². The Morgan fingerprint density at radius 2 is 1.38 bits per heavy atom. The quantitative estimate of drug-likeness (QED) is 0.273. The van der Waals surface area contributed by atoms with E-state index >= 15 is 0 Å². The standard InChI is InChI=1S/C28H25BO2S/c1-27(2)28(3,4)31-29(30-27)25-20-14-9-8-13-19(20)17-23-24(25)22-16-10-15-21(26(22)32-23)18-11-6-5-7-12-18/h5-17H,1-4H3. The zero-order chi connectivity index (χ0) is 22.1. The lowest BCUT2D eigenvalue weighted by Crippen LogP contribution is -2.41. The Morgan fingerprint density at radius 3 is 2.12 bits per heavy atom. The molecule has 0 radical (unpaired) electrons. The van der Waals surface area contributed by atoms with Gasteiger partial charge in [-0.05, 0) is 61.1 Å². The fourth-order valence-corrected chi connectivity index (χ4v) is 6.02. The van der Waals surface area contributed by atoms with Gasteiger partial charge in [-0.25, -0.2) is 0 Å². The van der Waals surface area contributed by atoms with Crippen LogP contribution in [0.25, 0.3) is 42.1 Å². The summed E-state index contributed by atoms with van der Waals surface area (Å²) < 4.78 is 15.7. The maximum Gasteiger partial charge on any atom is 0.496 e. The minimum atomic E-state index is -0.410. The molecule has 4 aromatic carbocycles. The summed E-state index contributed by atoms with van der Waals surface area (Å²) in [6, 6.07) is 28.2. The molecule has 5 aromatic rings. The van der Waals surface area contributed by atoms with Crippen LogP contribution in [0, 0.1) is 0 Å². The molecular formula is C28H25BO2S. The van der Waals surface area contributed by atoms with E-state index in [0.717, 1.165) is 5.46 Å². The molecule has 0 bridgehead atoms. The summed E-state index contributed by atoms with van der Waals surface area (Å²) in [6.45, 7) is 8.48. The second kappa shape index (κ2) is 6.92. The van der Waals surface area contributed by atoms with Gasteiger partial charge in [0, 0.05) is 20.2 Å². The minimum absolute atomic E-state index is 0.387. The number of rotatable bonds is 2. The molecule has 0 amide bonds. The SMILES string of the molecule is CC1(C)OB(c2c3ccccc3cc3sc4c(-c5ccccc5)cccc4c23)OC1(C)C. The third kappa shape index (κ3) is 2.87. The molecule has 2 nitrogen and oxygen atoms in total. The first-order chi connectivity index (χ1) is 15.4. The molecule has 0 N–H and O–H groups in total. The lowest BCUT2D eigenvalue weighted by atomic mass is 9.73. The van der Waals surface area contributed by atoms with Gasteiger partial charge in [0.2, 0.25) is 0 Å². The van der Waals surface area contributed by atoms with Crippen molar-refractivity contribution in [2.75, 3.05) is 0 Å². The Labute approximate surface area is 192 Å². The molecule has 0 saturated carbocycles. The molecule has 4 heteroatoms. The van der Waals surface area contributed by atoms with E-state index in [1.807, 2.05) is 11.3 Å². The summed E-state index contributed by atoms with van der Waals surface area (Å²) >= 11 is 1.86. The number of hydrogen-bond donors (Lipinski definition) is 0. The van der Waals surface area contributed by atoms with E-state index in [4.69, 9.17) is 9.31 Å². The van der Waals surface area contributed by atoms with E-state index < -0.39 is 7.12 Å². The van der Waals surface area contributed by atoms with Crippen LogP contribution < -0.4 is 5.46 Å². The van der Waals surface area contributed by atoms with Crippen LogP contribution in [-0.4, -0.2) is 18.3 Å². The maximum absolute atomic E-state index is 6.58. The number of benzene rings is 4. The zero-order valence-corrected chi connectivity index (χ0v) is 19.6. The van der Waals surface area contributed by atoms with Crippen molar-refractivity contribution in [1.82, 2.24) is 0 Å². The lowest BCUT2D eigenvalue weighted by Gasteiger charge is -2.32. The van der Waals surface area contributed by atoms with Gasteiger partial charge in [-0.1, -0.05) is 72.8 Å². The van der Waals surface area contributed by atoms with E-state index in [1.54, 1.807) is 0 Å². The Hall–Kier alpha value is -2.66. The topological polar surface area (TPSA) is 18.5 Å². The van der Waals surface area contributed by atoms with Crippen LogP contribution in [0.5, 0.6) is 0 Å². The highest BCUT2D eigenvalue weighted by Gasteiger charge is 2.52. The highest BCUT2D eigenvalue weighted by molar-refractivity contribution is 7.26. The van der Waals surface area contributed by atoms with Crippen molar-refractivity contribution >= 4 is 54.9 Å². The van der Waals surface area contributed by atoms with Gasteiger partial charge in [0.15, 0.2) is 0 Å². The molecule has 0 atom stereocenters. The van der Waals surface area contributed by atoms with Crippen molar-refractivity contribution in [2.45, 2.75) is 38.9 Å². The number of thiophene rings is 1. The smallest absolute Gasteiger partial charge is 0.399 e. The van der Waals surface area contributed by atoms with E-state index in [0.29, 0.717) is 0 Å². The van der Waals surface area contributed by atoms with Crippen molar-refractivity contribution in [3.8, 4) is 11.1 Å². The van der Waals surface area contributed by atoms with Gasteiger partial charge in [-0.15, -0.1) is 11.3 Å². The summed E-state index contributed by atoms with van der Waals surface area (Å²) in [5.41, 5.74) is 2.89. The van der Waals surface area contributed by atoms with Crippen LogP contribution in [0.3, 0.4) is 0 Å². The molecule has 0 spiro atoms. The van der Waals surface area contributed by atoms with Crippen LogP contribution in [0.15, 0.2) is 78.9 Å². The van der Waals surface area contributed by atoms with Crippen molar-refractivity contribution in [1.29, 1.82) is 0 Å². The van der Waals surface area contributed by atoms with E-state index in [9.17, 15) is 0 Å². The van der Waals surface area contributed by atoms with Gasteiger partial charge in [-0.2, -0.15) is 0 Å². The van der Waals surface area contributed by atoms with Gasteiger partial charge in [0.25, 0.3) is 0 Å². The minimum Gasteiger partial charge on any atom is -0.399 e. The van der Waals surface area contributed by atoms with Crippen molar-refractivity contribution < 1.29 is 9.31 Å². The second-order valence-corrected chi connectivity index (χ2v) is 10.7. The number of hydrogen-bond acceptors (Lipinski definition) is 3. The first-order valence-corrected chi connectivity index (χ1v) is 12.0. The molecule has 0 unspecified atom stereocenters. The van der Waals surface area contributed by atoms with Gasteiger partial charge in [0.1, 0.15) is 0 Å². The summed E-state index contributed by atoms with van der Waals surface area (Å²) in [5, 5.41) is 4.93. The molecule has 1 aromatic heterocycles. The highest BCUT2D eigenvalue weighted by atomic mass is 32.1. The molecule has 6 rings (SSSR count). The summed E-state index contributed by atoms with van der Waals surface area (Å²) in [5.74, 6) is 0. The first kappa shape index (κ1) is 20.0. The van der Waals surface area contributed by atoms with Gasteiger partial charge >= 0.3 is 7.12 Å². The third-order valence-electron chi connectivity index (χ3n) is 7.12. The maximum atomic E-state index is 6.58. The van der Waals surface area contributed by atoms with E-state index in [-0.39, 0.29) is 11.2 Å². The molecule has 1 saturated heterocycles. The van der Waals surface area contributed by atoms with Crippen molar-refractivity contribution in [3.63, 3.8) is 0 Å². The van der Waals surface area contributed by atoms with Gasteiger partial charge < -0.3 is 9.31 Å². The lowest BCUT2D eigenvalue weighted by molar-refractivity contribution is 0.00578. The van der Waals surface area contributed by atoms with Crippen LogP contribution >= 0.6 is 11.3 Å². The summed E-state index contributed by atoms with van der Waals surface area (Å²) in [7, 11) is -0.410. The van der Waals surface area contributed by atoms with E-state index in [2.05, 4.69) is 107 Å². The highest BCUT2D eigenvalue weighted by Crippen LogP contribution is 2.43. The average Bonchev–Trinajstić information content (AvgIpc) is 3.25. The van der Waals surface area contributed by atoms with Crippen LogP contribution in [0.2, 0.25) is 0 Å². The molecule has 1 aliphatic heterocycles. The summed E-state index contributed by atoms with van der Waals surface area (Å²) in [6.07, 6.45) is 0. The molecule has 1 aliphatic rings. The largest absolute Gasteiger partial charge is 0.496 e. The molecular weight excluding hydrogens is 411 g/mol. The third-order valence-corrected chi connectivity index (χ3v) is 8.31. The predicted octanol–water partition coefficient (Wildman–Crippen LogP) is 7.17. The predicted molar refractivity (Wildman–Crippen MR) is 138 cm³/mol. The Morgan fingerprint density at radius 1 is 0.719 bits per heavy atom. The molecule has 32 heavy (non-hydrogen) atoms. The average molecular weight is 436 g/mol. The molecule has 158 valence electrons. The molecule has 0 aliphatic carbocycles. The normalized spacial score (nSPS) is 17.6. The number of fused-ring (bicyclic) bond motifs is 4. The fourth-order valence-electron chi connectivity index (χ4n) is 4.71. The van der Waals surface area contributed by atoms with E-state index in [1.165, 1.54) is 42.1 Å². The second-order valence-electron chi connectivity index (χ2n) is 9.62. The summed E-state index contributed by atoms with van der Waals surface area (Å²) in [4.78, 5) is 0. The first-order valence-electron chi connectivity index (χ1n) is 11.1.